The van der Waals surface area contributed by atoms with E-state index < -0.39 is 0 Å². The Kier molecular flexibility index (Phi) is 2.71. The fourth-order valence-electron chi connectivity index (χ4n) is 3.34. The van der Waals surface area contributed by atoms with Crippen LogP contribution in [0, 0.1) is 13.8 Å². The lowest BCUT2D eigenvalue weighted by atomic mass is 9.94. The molecule has 21 heavy (non-hydrogen) atoms. The van der Waals surface area contributed by atoms with Crippen LogP contribution in [0.1, 0.15) is 22.3 Å². The topological polar surface area (TPSA) is 0 Å². The smallest absolute Gasteiger partial charge is 0.000729 e. The van der Waals surface area contributed by atoms with Crippen LogP contribution in [0.3, 0.4) is 0 Å². The molecule has 3 aromatic rings. The lowest BCUT2D eigenvalue weighted by molar-refractivity contribution is 1.26. The highest BCUT2D eigenvalue weighted by Crippen LogP contribution is 2.41. The molecule has 0 radical (unpaired) electrons. The molecule has 0 heterocycles. The van der Waals surface area contributed by atoms with Crippen molar-refractivity contribution in [1.82, 2.24) is 0 Å². The van der Waals surface area contributed by atoms with E-state index in [2.05, 4.69) is 74.5 Å². The van der Waals surface area contributed by atoms with E-state index in [9.17, 15) is 0 Å². The van der Waals surface area contributed by atoms with Gasteiger partial charge in [-0.25, -0.2) is 0 Å². The Morgan fingerprint density at radius 2 is 1.43 bits per heavy atom. The molecular formula is C21H18. The van der Waals surface area contributed by atoms with Crippen LogP contribution in [0.4, 0.5) is 0 Å². The molecule has 102 valence electrons. The molecule has 0 amide bonds. The SMILES string of the molecule is Cc1ccc(-c2cccc3c2Cc2ccccc2-3)cc1C. The first-order chi connectivity index (χ1) is 10.2. The number of hydrogen-bond donors (Lipinski definition) is 0. The first-order valence-electron chi connectivity index (χ1n) is 7.52. The van der Waals surface area contributed by atoms with Crippen LogP contribution in [0.25, 0.3) is 22.3 Å². The average Bonchev–Trinajstić information content (AvgIpc) is 2.89. The predicted molar refractivity (Wildman–Crippen MR) is 89.6 cm³/mol. The summed E-state index contributed by atoms with van der Waals surface area (Å²) in [7, 11) is 0. The number of aryl methyl sites for hydroxylation is 2. The summed E-state index contributed by atoms with van der Waals surface area (Å²) in [6.45, 7) is 4.36. The maximum atomic E-state index is 2.31. The maximum Gasteiger partial charge on any atom is -0.000729 e. The zero-order valence-corrected chi connectivity index (χ0v) is 12.5. The fraction of sp³-hybridized carbons (Fsp3) is 0.143. The lowest BCUT2D eigenvalue weighted by Crippen LogP contribution is -1.89. The summed E-state index contributed by atoms with van der Waals surface area (Å²) in [5.74, 6) is 0. The highest BCUT2D eigenvalue weighted by molar-refractivity contribution is 5.84. The molecule has 0 heteroatoms. The second-order valence-electron chi connectivity index (χ2n) is 5.96. The third-order valence-corrected chi connectivity index (χ3v) is 4.67. The summed E-state index contributed by atoms with van der Waals surface area (Å²) in [6, 6.07) is 22.3. The molecule has 0 atom stereocenters. The van der Waals surface area contributed by atoms with Crippen molar-refractivity contribution in [1.29, 1.82) is 0 Å². The Hall–Kier alpha value is -2.34. The summed E-state index contributed by atoms with van der Waals surface area (Å²) in [6.07, 6.45) is 1.05. The van der Waals surface area contributed by atoms with Crippen LogP contribution >= 0.6 is 0 Å². The van der Waals surface area contributed by atoms with Gasteiger partial charge in [0, 0.05) is 0 Å². The second-order valence-corrected chi connectivity index (χ2v) is 5.96. The van der Waals surface area contributed by atoms with E-state index in [0.717, 1.165) is 6.42 Å². The minimum absolute atomic E-state index is 1.05. The summed E-state index contributed by atoms with van der Waals surface area (Å²) in [5.41, 5.74) is 11.2. The number of fused-ring (bicyclic) bond motifs is 3. The Labute approximate surface area is 126 Å². The van der Waals surface area contributed by atoms with Crippen molar-refractivity contribution in [3.63, 3.8) is 0 Å². The van der Waals surface area contributed by atoms with E-state index in [-0.39, 0.29) is 0 Å². The third kappa shape index (κ3) is 1.91. The minimum Gasteiger partial charge on any atom is -0.0619 e. The van der Waals surface area contributed by atoms with Crippen molar-refractivity contribution in [2.45, 2.75) is 20.3 Å². The monoisotopic (exact) mass is 270 g/mol. The number of benzene rings is 3. The molecule has 4 rings (SSSR count). The number of rotatable bonds is 1. The van der Waals surface area contributed by atoms with Gasteiger partial charge in [0.2, 0.25) is 0 Å². The van der Waals surface area contributed by atoms with Crippen molar-refractivity contribution in [2.75, 3.05) is 0 Å². The predicted octanol–water partition coefficient (Wildman–Crippen LogP) is 5.54. The molecule has 0 nitrogen and oxygen atoms in total. The molecule has 0 spiro atoms. The average molecular weight is 270 g/mol. The first kappa shape index (κ1) is 12.4. The number of hydrogen-bond acceptors (Lipinski definition) is 0. The Morgan fingerprint density at radius 3 is 2.29 bits per heavy atom. The second kappa shape index (κ2) is 4.60. The van der Waals surface area contributed by atoms with Crippen LogP contribution in [0.2, 0.25) is 0 Å². The molecule has 0 fully saturated rings. The highest BCUT2D eigenvalue weighted by atomic mass is 14.2. The fourth-order valence-corrected chi connectivity index (χ4v) is 3.34. The normalized spacial score (nSPS) is 12.1. The lowest BCUT2D eigenvalue weighted by Gasteiger charge is -2.10. The molecular weight excluding hydrogens is 252 g/mol. The van der Waals surface area contributed by atoms with Gasteiger partial charge in [-0.1, -0.05) is 60.7 Å². The van der Waals surface area contributed by atoms with Crippen molar-refractivity contribution >= 4 is 0 Å². The van der Waals surface area contributed by atoms with Crippen molar-refractivity contribution in [2.24, 2.45) is 0 Å². The van der Waals surface area contributed by atoms with Gasteiger partial charge in [-0.15, -0.1) is 0 Å². The standard InChI is InChI=1S/C21H18/c1-14-10-11-17(12-15(14)2)19-8-5-9-20-18-7-4-3-6-16(18)13-21(19)20/h3-12H,13H2,1-2H3. The quantitative estimate of drug-likeness (QED) is 0.426. The van der Waals surface area contributed by atoms with E-state index >= 15 is 0 Å². The van der Waals surface area contributed by atoms with Gasteiger partial charge in [-0.2, -0.15) is 0 Å². The Morgan fingerprint density at radius 1 is 0.667 bits per heavy atom. The van der Waals surface area contributed by atoms with Crippen molar-refractivity contribution < 1.29 is 0 Å². The van der Waals surface area contributed by atoms with Gasteiger partial charge in [0.25, 0.3) is 0 Å². The molecule has 0 saturated heterocycles. The van der Waals surface area contributed by atoms with Crippen LogP contribution in [0.15, 0.2) is 60.7 Å². The van der Waals surface area contributed by atoms with Gasteiger partial charge in [0.05, 0.1) is 0 Å². The summed E-state index contributed by atoms with van der Waals surface area (Å²) >= 11 is 0. The first-order valence-corrected chi connectivity index (χ1v) is 7.52. The summed E-state index contributed by atoms with van der Waals surface area (Å²) < 4.78 is 0. The Bertz CT molecular complexity index is 840. The van der Waals surface area contributed by atoms with Gasteiger partial charge in [-0.3, -0.25) is 0 Å². The van der Waals surface area contributed by atoms with Gasteiger partial charge in [0.15, 0.2) is 0 Å². The van der Waals surface area contributed by atoms with E-state index in [1.807, 2.05) is 0 Å². The van der Waals surface area contributed by atoms with Crippen LogP contribution < -0.4 is 0 Å². The molecule has 3 aromatic carbocycles. The van der Waals surface area contributed by atoms with Gasteiger partial charge < -0.3 is 0 Å². The summed E-state index contributed by atoms with van der Waals surface area (Å²) in [5, 5.41) is 0. The molecule has 0 bridgehead atoms. The van der Waals surface area contributed by atoms with Gasteiger partial charge in [-0.05, 0) is 64.8 Å². The molecule has 1 aliphatic rings. The summed E-state index contributed by atoms with van der Waals surface area (Å²) in [4.78, 5) is 0. The zero-order chi connectivity index (χ0) is 14.4. The van der Waals surface area contributed by atoms with Crippen molar-refractivity contribution in [3.8, 4) is 22.3 Å². The largest absolute Gasteiger partial charge is 0.0619 e. The van der Waals surface area contributed by atoms with Crippen molar-refractivity contribution in [3.05, 3.63) is 82.9 Å². The van der Waals surface area contributed by atoms with Gasteiger partial charge in [0.1, 0.15) is 0 Å². The van der Waals surface area contributed by atoms with Crippen LogP contribution in [0.5, 0.6) is 0 Å². The van der Waals surface area contributed by atoms with E-state index in [1.165, 1.54) is 44.5 Å². The van der Waals surface area contributed by atoms with E-state index in [1.54, 1.807) is 0 Å². The minimum atomic E-state index is 1.05. The molecule has 0 unspecified atom stereocenters. The molecule has 0 aromatic heterocycles. The van der Waals surface area contributed by atoms with Gasteiger partial charge >= 0.3 is 0 Å². The highest BCUT2D eigenvalue weighted by Gasteiger charge is 2.20. The molecule has 0 aliphatic heterocycles. The zero-order valence-electron chi connectivity index (χ0n) is 12.5. The molecule has 0 N–H and O–H groups in total. The van der Waals surface area contributed by atoms with E-state index in [0.29, 0.717) is 0 Å². The van der Waals surface area contributed by atoms with Crippen LogP contribution in [-0.4, -0.2) is 0 Å². The third-order valence-electron chi connectivity index (χ3n) is 4.67. The maximum absolute atomic E-state index is 2.31. The molecule has 0 saturated carbocycles. The molecule has 1 aliphatic carbocycles. The van der Waals surface area contributed by atoms with E-state index in [4.69, 9.17) is 0 Å². The Balaban J connectivity index is 1.92. The van der Waals surface area contributed by atoms with Crippen LogP contribution in [-0.2, 0) is 6.42 Å².